The van der Waals surface area contributed by atoms with Crippen LogP contribution < -0.4 is 10.2 Å². The highest BCUT2D eigenvalue weighted by atomic mass is 127. The number of para-hydroxylation sites is 2. The molecule has 2 aromatic carbocycles. The predicted molar refractivity (Wildman–Crippen MR) is 116 cm³/mol. The first kappa shape index (κ1) is 19.2. The predicted octanol–water partition coefficient (Wildman–Crippen LogP) is 4.47. The first-order valence-corrected chi connectivity index (χ1v) is 9.51. The molecule has 1 aromatic heterocycles. The number of carbonyl (C=O) groups is 1. The van der Waals surface area contributed by atoms with Crippen molar-refractivity contribution in [3.63, 3.8) is 0 Å². The molecular weight excluding hydrogens is 453 g/mol. The first-order valence-electron chi connectivity index (χ1n) is 8.43. The lowest BCUT2D eigenvalue weighted by Crippen LogP contribution is -2.18. The second-order valence-corrected chi connectivity index (χ2v) is 7.17. The lowest BCUT2D eigenvalue weighted by molar-refractivity contribution is 0.0952. The number of ether oxygens (including phenoxy) is 1. The Balaban J connectivity index is 1.82. The smallest absolute Gasteiger partial charge is 0.275 e. The van der Waals surface area contributed by atoms with Gasteiger partial charge < -0.3 is 9.30 Å². The fourth-order valence-electron chi connectivity index (χ4n) is 2.97. The summed E-state index contributed by atoms with van der Waals surface area (Å²) in [4.78, 5) is 12.3. The third kappa shape index (κ3) is 4.05. The molecule has 0 aliphatic heterocycles. The number of rotatable bonds is 5. The Kier molecular flexibility index (Phi) is 5.95. The number of carbonyl (C=O) groups excluding carboxylic acids is 1. The maximum atomic E-state index is 12.3. The summed E-state index contributed by atoms with van der Waals surface area (Å²) in [6.45, 7) is 4.10. The topological polar surface area (TPSA) is 55.6 Å². The fourth-order valence-corrected chi connectivity index (χ4v) is 3.60. The standard InChI is InChI=1S/C21H20IN3O2/c1-14-12-16(15(2)25(14)19-10-6-5-9-18(19)22)13-23-24-21(26)17-8-4-7-11-20(17)27-3/h4-13H,1-3H3,(H,24,26)/b23-13-. The summed E-state index contributed by atoms with van der Waals surface area (Å²) in [6.07, 6.45) is 1.67. The quantitative estimate of drug-likeness (QED) is 0.338. The van der Waals surface area contributed by atoms with Gasteiger partial charge in [-0.1, -0.05) is 24.3 Å². The Morgan fingerprint density at radius 1 is 1.15 bits per heavy atom. The minimum Gasteiger partial charge on any atom is -0.496 e. The van der Waals surface area contributed by atoms with Crippen LogP contribution in [0.4, 0.5) is 0 Å². The van der Waals surface area contributed by atoms with Crippen LogP contribution in [-0.2, 0) is 0 Å². The molecule has 1 heterocycles. The number of hydrogen-bond donors (Lipinski definition) is 1. The van der Waals surface area contributed by atoms with Gasteiger partial charge >= 0.3 is 0 Å². The number of aryl methyl sites for hydroxylation is 1. The summed E-state index contributed by atoms with van der Waals surface area (Å²) < 4.78 is 8.57. The number of aromatic nitrogens is 1. The molecule has 5 nitrogen and oxygen atoms in total. The maximum Gasteiger partial charge on any atom is 0.275 e. The van der Waals surface area contributed by atoms with Gasteiger partial charge in [-0.25, -0.2) is 5.43 Å². The van der Waals surface area contributed by atoms with Crippen LogP contribution in [0.3, 0.4) is 0 Å². The normalized spacial score (nSPS) is 11.0. The lowest BCUT2D eigenvalue weighted by atomic mass is 10.2. The molecule has 1 amide bonds. The Hall–Kier alpha value is -2.61. The van der Waals surface area contributed by atoms with E-state index in [1.807, 2.05) is 25.1 Å². The summed E-state index contributed by atoms with van der Waals surface area (Å²) >= 11 is 2.33. The van der Waals surface area contributed by atoms with Gasteiger partial charge in [0.05, 0.1) is 24.6 Å². The van der Waals surface area contributed by atoms with Gasteiger partial charge in [0.25, 0.3) is 5.91 Å². The minimum atomic E-state index is -0.310. The van der Waals surface area contributed by atoms with Crippen LogP contribution in [0.1, 0.15) is 27.3 Å². The molecule has 0 spiro atoms. The molecule has 1 N–H and O–H groups in total. The maximum absolute atomic E-state index is 12.3. The van der Waals surface area contributed by atoms with Crippen molar-refractivity contribution in [2.24, 2.45) is 5.10 Å². The van der Waals surface area contributed by atoms with Crippen molar-refractivity contribution in [3.8, 4) is 11.4 Å². The molecule has 0 radical (unpaired) electrons. The molecule has 3 aromatic rings. The molecule has 3 rings (SSSR count). The molecule has 0 saturated carbocycles. The molecular formula is C21H20IN3O2. The van der Waals surface area contributed by atoms with Gasteiger partial charge in [0.1, 0.15) is 5.75 Å². The molecule has 27 heavy (non-hydrogen) atoms. The molecule has 6 heteroatoms. The van der Waals surface area contributed by atoms with Gasteiger partial charge in [-0.15, -0.1) is 0 Å². The number of halogens is 1. The van der Waals surface area contributed by atoms with E-state index in [-0.39, 0.29) is 5.91 Å². The van der Waals surface area contributed by atoms with E-state index < -0.39 is 0 Å². The molecule has 0 fully saturated rings. The zero-order valence-corrected chi connectivity index (χ0v) is 17.5. The average Bonchev–Trinajstić information content (AvgIpc) is 2.95. The van der Waals surface area contributed by atoms with Crippen LogP contribution in [-0.4, -0.2) is 23.8 Å². The number of benzene rings is 2. The highest BCUT2D eigenvalue weighted by Gasteiger charge is 2.12. The van der Waals surface area contributed by atoms with E-state index in [2.05, 4.69) is 62.8 Å². The molecule has 0 saturated heterocycles. The van der Waals surface area contributed by atoms with E-state index in [9.17, 15) is 4.79 Å². The van der Waals surface area contributed by atoms with Crippen molar-refractivity contribution in [1.29, 1.82) is 0 Å². The number of amides is 1. The molecule has 0 unspecified atom stereocenters. The third-order valence-corrected chi connectivity index (χ3v) is 5.20. The van der Waals surface area contributed by atoms with E-state index in [1.165, 1.54) is 10.7 Å². The monoisotopic (exact) mass is 473 g/mol. The van der Waals surface area contributed by atoms with Gasteiger partial charge in [-0.3, -0.25) is 4.79 Å². The van der Waals surface area contributed by atoms with Crippen molar-refractivity contribution in [1.82, 2.24) is 9.99 Å². The summed E-state index contributed by atoms with van der Waals surface area (Å²) in [5.41, 5.74) is 7.26. The van der Waals surface area contributed by atoms with E-state index in [4.69, 9.17) is 4.74 Å². The van der Waals surface area contributed by atoms with Crippen molar-refractivity contribution in [2.45, 2.75) is 13.8 Å². The highest BCUT2D eigenvalue weighted by Crippen LogP contribution is 2.23. The minimum absolute atomic E-state index is 0.310. The van der Waals surface area contributed by atoms with Crippen LogP contribution in [0.25, 0.3) is 5.69 Å². The summed E-state index contributed by atoms with van der Waals surface area (Å²) in [5.74, 6) is 0.206. The van der Waals surface area contributed by atoms with Crippen LogP contribution in [0, 0.1) is 17.4 Å². The lowest BCUT2D eigenvalue weighted by Gasteiger charge is -2.11. The van der Waals surface area contributed by atoms with Gasteiger partial charge in [0.2, 0.25) is 0 Å². The summed E-state index contributed by atoms with van der Waals surface area (Å²) in [6, 6.07) is 17.3. The molecule has 0 atom stereocenters. The molecule has 0 aliphatic rings. The zero-order chi connectivity index (χ0) is 19.4. The Bertz CT molecular complexity index is 1010. The second-order valence-electron chi connectivity index (χ2n) is 6.01. The van der Waals surface area contributed by atoms with Gasteiger partial charge in [-0.2, -0.15) is 5.10 Å². The van der Waals surface area contributed by atoms with Crippen molar-refractivity contribution in [2.75, 3.05) is 7.11 Å². The van der Waals surface area contributed by atoms with E-state index in [1.54, 1.807) is 24.4 Å². The Morgan fingerprint density at radius 3 is 2.59 bits per heavy atom. The average molecular weight is 473 g/mol. The number of hydrazone groups is 1. The molecule has 138 valence electrons. The fraction of sp³-hybridized carbons (Fsp3) is 0.143. The van der Waals surface area contributed by atoms with Gasteiger partial charge in [0, 0.05) is 20.5 Å². The largest absolute Gasteiger partial charge is 0.496 e. The molecule has 0 bridgehead atoms. The van der Waals surface area contributed by atoms with Crippen LogP contribution >= 0.6 is 22.6 Å². The summed E-state index contributed by atoms with van der Waals surface area (Å²) in [5, 5.41) is 4.13. The van der Waals surface area contributed by atoms with Crippen molar-refractivity contribution in [3.05, 3.63) is 80.7 Å². The van der Waals surface area contributed by atoms with Crippen LogP contribution in [0.5, 0.6) is 5.75 Å². The highest BCUT2D eigenvalue weighted by molar-refractivity contribution is 14.1. The summed E-state index contributed by atoms with van der Waals surface area (Å²) in [7, 11) is 1.54. The van der Waals surface area contributed by atoms with Crippen LogP contribution in [0.2, 0.25) is 0 Å². The van der Waals surface area contributed by atoms with Gasteiger partial charge in [-0.05, 0) is 66.8 Å². The number of methoxy groups -OCH3 is 1. The Labute approximate surface area is 172 Å². The zero-order valence-electron chi connectivity index (χ0n) is 15.4. The third-order valence-electron chi connectivity index (χ3n) is 4.28. The first-order chi connectivity index (χ1) is 13.0. The number of nitrogens with zero attached hydrogens (tertiary/aromatic N) is 2. The van der Waals surface area contributed by atoms with Crippen LogP contribution in [0.15, 0.2) is 59.7 Å². The van der Waals surface area contributed by atoms with Crippen molar-refractivity contribution < 1.29 is 9.53 Å². The SMILES string of the molecule is COc1ccccc1C(=O)N/N=C\c1cc(C)n(-c2ccccc2I)c1C. The molecule has 0 aliphatic carbocycles. The second kappa shape index (κ2) is 8.39. The number of nitrogens with one attached hydrogen (secondary N) is 1. The van der Waals surface area contributed by atoms with E-state index in [0.29, 0.717) is 11.3 Å². The van der Waals surface area contributed by atoms with E-state index in [0.717, 1.165) is 22.6 Å². The van der Waals surface area contributed by atoms with Gasteiger partial charge in [0.15, 0.2) is 0 Å². The van der Waals surface area contributed by atoms with Crippen molar-refractivity contribution >= 4 is 34.7 Å². The number of hydrogen-bond acceptors (Lipinski definition) is 3. The van der Waals surface area contributed by atoms with E-state index >= 15 is 0 Å². The Morgan fingerprint density at radius 2 is 1.85 bits per heavy atom.